The predicted molar refractivity (Wildman–Crippen MR) is 61.3 cm³/mol. The monoisotopic (exact) mass is 225 g/mol. The lowest BCUT2D eigenvalue weighted by Gasteiger charge is -2.15. The van der Waals surface area contributed by atoms with Crippen molar-refractivity contribution in [2.75, 3.05) is 7.11 Å². The van der Waals surface area contributed by atoms with Gasteiger partial charge >= 0.3 is 5.97 Å². The Balaban J connectivity index is 2.44. The molecule has 0 aromatic carbocycles. The number of rotatable bonds is 2. The van der Waals surface area contributed by atoms with E-state index >= 15 is 0 Å². The van der Waals surface area contributed by atoms with Gasteiger partial charge in [0.2, 0.25) is 5.91 Å². The second-order valence-corrected chi connectivity index (χ2v) is 4.16. The summed E-state index contributed by atoms with van der Waals surface area (Å²) >= 11 is 0. The maximum atomic E-state index is 11.7. The highest BCUT2D eigenvalue weighted by atomic mass is 16.5. The van der Waals surface area contributed by atoms with E-state index in [0.717, 1.165) is 31.9 Å². The van der Waals surface area contributed by atoms with Crippen LogP contribution < -0.4 is 0 Å². The number of nitrogens with zero attached hydrogens (tertiary/aromatic N) is 1. The first kappa shape index (κ1) is 12.9. The molecule has 0 saturated heterocycles. The first-order valence-corrected chi connectivity index (χ1v) is 5.90. The van der Waals surface area contributed by atoms with Crippen LogP contribution in [0.25, 0.3) is 0 Å². The summed E-state index contributed by atoms with van der Waals surface area (Å²) in [4.78, 5) is 26.1. The minimum atomic E-state index is -0.570. The number of aliphatic imine (C=N–C) groups is 1. The molecule has 90 valence electrons. The lowest BCUT2D eigenvalue weighted by atomic mass is 9.91. The predicted octanol–water partition coefficient (Wildman–Crippen LogP) is 2.12. The van der Waals surface area contributed by atoms with Crippen LogP contribution in [0.1, 0.15) is 44.9 Å². The van der Waals surface area contributed by atoms with Gasteiger partial charge in [-0.25, -0.2) is 9.79 Å². The zero-order valence-electron chi connectivity index (χ0n) is 9.78. The molecule has 0 radical (unpaired) electrons. The van der Waals surface area contributed by atoms with Gasteiger partial charge in [0.25, 0.3) is 0 Å². The van der Waals surface area contributed by atoms with E-state index in [4.69, 9.17) is 0 Å². The summed E-state index contributed by atoms with van der Waals surface area (Å²) in [5.41, 5.74) is 0. The minimum absolute atomic E-state index is 0.00112. The van der Waals surface area contributed by atoms with Gasteiger partial charge in [0, 0.05) is 5.92 Å². The van der Waals surface area contributed by atoms with Crippen molar-refractivity contribution in [3.05, 3.63) is 0 Å². The van der Waals surface area contributed by atoms with E-state index in [1.807, 2.05) is 0 Å². The maximum Gasteiger partial charge on any atom is 0.349 e. The molecule has 4 heteroatoms. The van der Waals surface area contributed by atoms with E-state index in [-0.39, 0.29) is 11.8 Å². The summed E-state index contributed by atoms with van der Waals surface area (Å²) in [5, 5.41) is 0. The Bertz CT molecular complexity index is 265. The fourth-order valence-electron chi connectivity index (χ4n) is 1.98. The van der Waals surface area contributed by atoms with Crippen molar-refractivity contribution < 1.29 is 14.3 Å². The Morgan fingerprint density at radius 1 is 1.12 bits per heavy atom. The Morgan fingerprint density at radius 2 is 1.69 bits per heavy atom. The molecular weight excluding hydrogens is 206 g/mol. The van der Waals surface area contributed by atoms with Crippen molar-refractivity contribution in [1.29, 1.82) is 0 Å². The van der Waals surface area contributed by atoms with Gasteiger partial charge in [0.15, 0.2) is 0 Å². The van der Waals surface area contributed by atoms with Crippen LogP contribution in [0, 0.1) is 5.92 Å². The average Bonchev–Trinajstić information content (AvgIpc) is 2.25. The molecule has 1 aliphatic rings. The standard InChI is InChI=1S/C12H19NO3/c1-16-11(14)9-13-12(15)10-7-5-3-2-4-6-8-10/h9-10H,2-8H2,1H3. The topological polar surface area (TPSA) is 55.7 Å². The Kier molecular flexibility index (Phi) is 5.75. The van der Waals surface area contributed by atoms with Crippen LogP contribution in [-0.2, 0) is 14.3 Å². The van der Waals surface area contributed by atoms with Crippen LogP contribution in [-0.4, -0.2) is 25.2 Å². The molecule has 1 amide bonds. The highest BCUT2D eigenvalue weighted by molar-refractivity contribution is 6.25. The molecule has 0 aromatic rings. The Morgan fingerprint density at radius 3 is 2.25 bits per heavy atom. The summed E-state index contributed by atoms with van der Waals surface area (Å²) in [6.07, 6.45) is 8.62. The molecule has 4 nitrogen and oxygen atoms in total. The molecular formula is C12H19NO3. The quantitative estimate of drug-likeness (QED) is 0.534. The number of methoxy groups -OCH3 is 1. The third-order valence-corrected chi connectivity index (χ3v) is 2.95. The maximum absolute atomic E-state index is 11.7. The normalized spacial score (nSPS) is 19.1. The molecule has 0 atom stereocenters. The molecule has 1 aliphatic carbocycles. The number of hydrogen-bond acceptors (Lipinski definition) is 3. The van der Waals surface area contributed by atoms with E-state index in [1.54, 1.807) is 0 Å². The molecule has 0 aliphatic heterocycles. The summed E-state index contributed by atoms with van der Waals surface area (Å²) in [6.45, 7) is 0. The van der Waals surface area contributed by atoms with Crippen LogP contribution in [0.3, 0.4) is 0 Å². The van der Waals surface area contributed by atoms with Gasteiger partial charge in [-0.05, 0) is 12.8 Å². The van der Waals surface area contributed by atoms with Crippen molar-refractivity contribution in [3.63, 3.8) is 0 Å². The van der Waals surface area contributed by atoms with E-state index < -0.39 is 5.97 Å². The zero-order chi connectivity index (χ0) is 11.8. The van der Waals surface area contributed by atoms with Gasteiger partial charge in [-0.2, -0.15) is 0 Å². The highest BCUT2D eigenvalue weighted by Gasteiger charge is 2.18. The molecule has 1 fully saturated rings. The van der Waals surface area contributed by atoms with Gasteiger partial charge < -0.3 is 4.74 Å². The van der Waals surface area contributed by atoms with Gasteiger partial charge in [0.1, 0.15) is 6.21 Å². The lowest BCUT2D eigenvalue weighted by Crippen LogP contribution is -2.15. The molecule has 1 saturated carbocycles. The number of esters is 1. The van der Waals surface area contributed by atoms with Crippen molar-refractivity contribution in [2.24, 2.45) is 10.9 Å². The van der Waals surface area contributed by atoms with Crippen LogP contribution >= 0.6 is 0 Å². The third-order valence-electron chi connectivity index (χ3n) is 2.95. The lowest BCUT2D eigenvalue weighted by molar-refractivity contribution is -0.132. The van der Waals surface area contributed by atoms with Crippen LogP contribution in [0.5, 0.6) is 0 Å². The number of hydrogen-bond donors (Lipinski definition) is 0. The molecule has 0 bridgehead atoms. The van der Waals surface area contributed by atoms with Crippen molar-refractivity contribution in [1.82, 2.24) is 0 Å². The van der Waals surface area contributed by atoms with E-state index in [0.29, 0.717) is 0 Å². The summed E-state index contributed by atoms with van der Waals surface area (Å²) in [7, 11) is 1.27. The minimum Gasteiger partial charge on any atom is -0.465 e. The molecule has 0 N–H and O–H groups in total. The number of carbonyl (C=O) groups is 2. The number of ether oxygens (including phenoxy) is 1. The second kappa shape index (κ2) is 7.14. The van der Waals surface area contributed by atoms with Gasteiger partial charge in [0.05, 0.1) is 7.11 Å². The number of carbonyl (C=O) groups excluding carboxylic acids is 2. The summed E-state index contributed by atoms with van der Waals surface area (Å²) in [5.74, 6) is -0.743. The zero-order valence-corrected chi connectivity index (χ0v) is 9.78. The number of amides is 1. The Hall–Kier alpha value is -1.19. The molecule has 0 heterocycles. The average molecular weight is 225 g/mol. The SMILES string of the molecule is COC(=O)C=NC(=O)C1CCCCCCC1. The first-order chi connectivity index (χ1) is 7.74. The van der Waals surface area contributed by atoms with E-state index in [9.17, 15) is 9.59 Å². The molecule has 16 heavy (non-hydrogen) atoms. The first-order valence-electron chi connectivity index (χ1n) is 5.90. The second-order valence-electron chi connectivity index (χ2n) is 4.16. The fraction of sp³-hybridized carbons (Fsp3) is 0.750. The Labute approximate surface area is 96.1 Å². The van der Waals surface area contributed by atoms with E-state index in [1.165, 1.54) is 26.4 Å². The van der Waals surface area contributed by atoms with Crippen molar-refractivity contribution in [3.8, 4) is 0 Å². The van der Waals surface area contributed by atoms with Crippen LogP contribution in [0.15, 0.2) is 4.99 Å². The van der Waals surface area contributed by atoms with Crippen molar-refractivity contribution in [2.45, 2.75) is 44.9 Å². The molecule has 1 rings (SSSR count). The summed E-state index contributed by atoms with van der Waals surface area (Å²) < 4.78 is 4.39. The van der Waals surface area contributed by atoms with E-state index in [2.05, 4.69) is 9.73 Å². The van der Waals surface area contributed by atoms with Gasteiger partial charge in [-0.1, -0.05) is 32.1 Å². The third kappa shape index (κ3) is 4.55. The van der Waals surface area contributed by atoms with Crippen molar-refractivity contribution >= 4 is 18.1 Å². The smallest absolute Gasteiger partial charge is 0.349 e. The largest absolute Gasteiger partial charge is 0.465 e. The van der Waals surface area contributed by atoms with Gasteiger partial charge in [-0.3, -0.25) is 4.79 Å². The molecule has 0 spiro atoms. The van der Waals surface area contributed by atoms with Gasteiger partial charge in [-0.15, -0.1) is 0 Å². The van der Waals surface area contributed by atoms with Crippen LogP contribution in [0.4, 0.5) is 0 Å². The van der Waals surface area contributed by atoms with Crippen LogP contribution in [0.2, 0.25) is 0 Å². The molecule has 0 unspecified atom stereocenters. The fourth-order valence-corrected chi connectivity index (χ4v) is 1.98. The summed E-state index contributed by atoms with van der Waals surface area (Å²) in [6, 6.07) is 0. The highest BCUT2D eigenvalue weighted by Crippen LogP contribution is 2.23. The molecule has 0 aromatic heterocycles.